The molecule has 0 amide bonds. The van der Waals surface area contributed by atoms with Crippen molar-refractivity contribution in [3.05, 3.63) is 59.9 Å². The number of rotatable bonds is 8. The van der Waals surface area contributed by atoms with Gasteiger partial charge in [-0.05, 0) is 56.5 Å². The summed E-state index contributed by atoms with van der Waals surface area (Å²) in [5.74, 6) is -0.461. The average Bonchev–Trinajstić information content (AvgIpc) is 3.29. The molecule has 0 bridgehead atoms. The van der Waals surface area contributed by atoms with Gasteiger partial charge in [0.25, 0.3) is 0 Å². The molecular formula is C23H31FN4O2S. The van der Waals surface area contributed by atoms with Crippen LogP contribution in [0.4, 0.5) is 10.1 Å². The zero-order valence-electron chi connectivity index (χ0n) is 18.1. The Balaban J connectivity index is 1.65. The molecule has 3 rings (SSSR count). The predicted molar refractivity (Wildman–Crippen MR) is 124 cm³/mol. The van der Waals surface area contributed by atoms with Crippen molar-refractivity contribution in [3.8, 4) is 0 Å². The van der Waals surface area contributed by atoms with Crippen LogP contribution in [0, 0.1) is 5.82 Å². The van der Waals surface area contributed by atoms with Crippen molar-refractivity contribution >= 4 is 21.5 Å². The Morgan fingerprint density at radius 2 is 1.90 bits per heavy atom. The minimum absolute atomic E-state index is 0.0106. The fraction of sp³-hybridized carbons (Fsp3) is 0.435. The van der Waals surface area contributed by atoms with E-state index in [0.717, 1.165) is 24.7 Å². The second-order valence-electron chi connectivity index (χ2n) is 7.67. The lowest BCUT2D eigenvalue weighted by Crippen LogP contribution is -2.39. The predicted octanol–water partition coefficient (Wildman–Crippen LogP) is 3.52. The molecule has 1 fully saturated rings. The minimum Gasteiger partial charge on any atom is -0.372 e. The first kappa shape index (κ1) is 23.1. The van der Waals surface area contributed by atoms with E-state index in [1.807, 2.05) is 13.8 Å². The van der Waals surface area contributed by atoms with Gasteiger partial charge in [0.15, 0.2) is 15.8 Å². The fourth-order valence-corrected chi connectivity index (χ4v) is 4.86. The molecule has 0 aromatic heterocycles. The number of hydrogen-bond donors (Lipinski definition) is 2. The van der Waals surface area contributed by atoms with Crippen molar-refractivity contribution in [2.45, 2.75) is 37.6 Å². The fourth-order valence-electron chi connectivity index (χ4n) is 3.66. The summed E-state index contributed by atoms with van der Waals surface area (Å²) in [5.41, 5.74) is 2.36. The largest absolute Gasteiger partial charge is 0.372 e. The quantitative estimate of drug-likeness (QED) is 0.480. The molecule has 168 valence electrons. The summed E-state index contributed by atoms with van der Waals surface area (Å²) < 4.78 is 38.7. The van der Waals surface area contributed by atoms with Crippen molar-refractivity contribution in [1.29, 1.82) is 0 Å². The number of halogens is 1. The van der Waals surface area contributed by atoms with Crippen molar-refractivity contribution in [1.82, 2.24) is 10.6 Å². The van der Waals surface area contributed by atoms with Crippen LogP contribution in [0.15, 0.2) is 58.4 Å². The number of sulfone groups is 1. The lowest BCUT2D eigenvalue weighted by molar-refractivity contribution is 0.567. The van der Waals surface area contributed by atoms with E-state index in [-0.39, 0.29) is 23.2 Å². The van der Waals surface area contributed by atoms with Gasteiger partial charge in [-0.1, -0.05) is 24.3 Å². The molecule has 0 spiro atoms. The summed E-state index contributed by atoms with van der Waals surface area (Å²) in [4.78, 5) is 6.51. The summed E-state index contributed by atoms with van der Waals surface area (Å²) in [5, 5.41) is 6.49. The Hall–Kier alpha value is -2.61. The Morgan fingerprint density at radius 3 is 2.61 bits per heavy atom. The van der Waals surface area contributed by atoms with Gasteiger partial charge in [0, 0.05) is 25.3 Å². The molecule has 0 radical (unpaired) electrons. The zero-order valence-corrected chi connectivity index (χ0v) is 19.0. The Morgan fingerprint density at radius 1 is 1.16 bits per heavy atom. The van der Waals surface area contributed by atoms with Gasteiger partial charge in [0.1, 0.15) is 10.7 Å². The number of aliphatic imine (C=N–C) groups is 1. The van der Waals surface area contributed by atoms with Gasteiger partial charge < -0.3 is 15.5 Å². The van der Waals surface area contributed by atoms with Gasteiger partial charge in [-0.2, -0.15) is 0 Å². The Bertz CT molecular complexity index is 1000. The normalized spacial score (nSPS) is 15.7. The highest BCUT2D eigenvalue weighted by Gasteiger charge is 2.19. The van der Waals surface area contributed by atoms with Crippen molar-refractivity contribution < 1.29 is 12.8 Å². The van der Waals surface area contributed by atoms with E-state index in [4.69, 9.17) is 0 Å². The smallest absolute Gasteiger partial charge is 0.191 e. The van der Waals surface area contributed by atoms with Crippen LogP contribution in [0.3, 0.4) is 0 Å². The van der Waals surface area contributed by atoms with E-state index in [0.29, 0.717) is 12.5 Å². The summed E-state index contributed by atoms with van der Waals surface area (Å²) in [6.07, 6.45) is 2.45. The topological polar surface area (TPSA) is 73.8 Å². The van der Waals surface area contributed by atoms with E-state index in [9.17, 15) is 12.8 Å². The van der Waals surface area contributed by atoms with E-state index >= 15 is 0 Å². The maximum Gasteiger partial charge on any atom is 0.191 e. The number of hydrogen-bond acceptors (Lipinski definition) is 4. The van der Waals surface area contributed by atoms with Crippen molar-refractivity contribution in [2.24, 2.45) is 4.99 Å². The van der Waals surface area contributed by atoms with Gasteiger partial charge in [-0.15, -0.1) is 0 Å². The number of guanidine groups is 1. The van der Waals surface area contributed by atoms with E-state index in [1.54, 1.807) is 0 Å². The molecule has 8 heteroatoms. The first-order valence-corrected chi connectivity index (χ1v) is 12.4. The molecule has 1 atom stereocenters. The lowest BCUT2D eigenvalue weighted by Gasteiger charge is -2.22. The highest BCUT2D eigenvalue weighted by Crippen LogP contribution is 2.24. The first-order valence-electron chi connectivity index (χ1n) is 10.8. The summed E-state index contributed by atoms with van der Waals surface area (Å²) in [7, 11) is -3.74. The van der Waals surface area contributed by atoms with E-state index in [1.165, 1.54) is 36.7 Å². The zero-order chi connectivity index (χ0) is 22.3. The van der Waals surface area contributed by atoms with Gasteiger partial charge in [-0.3, -0.25) is 4.99 Å². The van der Waals surface area contributed by atoms with Crippen LogP contribution in [-0.4, -0.2) is 46.3 Å². The molecule has 1 aliphatic heterocycles. The van der Waals surface area contributed by atoms with E-state index < -0.39 is 15.7 Å². The molecule has 2 N–H and O–H groups in total. The number of nitrogens with one attached hydrogen (secondary N) is 2. The number of benzene rings is 2. The molecule has 1 heterocycles. The molecular weight excluding hydrogens is 415 g/mol. The second kappa shape index (κ2) is 10.6. The molecule has 6 nitrogen and oxygen atoms in total. The lowest BCUT2D eigenvalue weighted by atomic mass is 10.1. The molecule has 0 saturated carbocycles. The monoisotopic (exact) mass is 446 g/mol. The summed E-state index contributed by atoms with van der Waals surface area (Å²) >= 11 is 0. The summed E-state index contributed by atoms with van der Waals surface area (Å²) in [6.45, 7) is 6.86. The Labute approximate surface area is 184 Å². The Kier molecular flexibility index (Phi) is 7.90. The second-order valence-corrected chi connectivity index (χ2v) is 9.74. The SMILES string of the molecule is CCNC(=NCCS(=O)(=O)c1ccccc1F)NC(C)c1cccc(N2CCCC2)c1. The third kappa shape index (κ3) is 6.19. The minimum atomic E-state index is -3.74. The molecule has 0 aliphatic carbocycles. The van der Waals surface area contributed by atoms with Crippen LogP contribution < -0.4 is 15.5 Å². The van der Waals surface area contributed by atoms with Gasteiger partial charge >= 0.3 is 0 Å². The number of nitrogens with zero attached hydrogens (tertiary/aromatic N) is 2. The molecule has 31 heavy (non-hydrogen) atoms. The van der Waals surface area contributed by atoms with Crippen molar-refractivity contribution in [3.63, 3.8) is 0 Å². The number of anilines is 1. The highest BCUT2D eigenvalue weighted by molar-refractivity contribution is 7.91. The van der Waals surface area contributed by atoms with Gasteiger partial charge in [0.05, 0.1) is 18.3 Å². The average molecular weight is 447 g/mol. The van der Waals surface area contributed by atoms with Crippen LogP contribution in [-0.2, 0) is 9.84 Å². The molecule has 1 saturated heterocycles. The van der Waals surface area contributed by atoms with Crippen LogP contribution in [0.25, 0.3) is 0 Å². The molecule has 1 unspecified atom stereocenters. The maximum absolute atomic E-state index is 13.9. The molecule has 1 aliphatic rings. The van der Waals surface area contributed by atoms with Crippen LogP contribution in [0.2, 0.25) is 0 Å². The van der Waals surface area contributed by atoms with E-state index in [2.05, 4.69) is 44.8 Å². The molecule has 2 aromatic carbocycles. The third-order valence-corrected chi connectivity index (χ3v) is 7.06. The molecule has 2 aromatic rings. The van der Waals surface area contributed by atoms with Gasteiger partial charge in [0.2, 0.25) is 0 Å². The maximum atomic E-state index is 13.9. The van der Waals surface area contributed by atoms with Crippen LogP contribution >= 0.6 is 0 Å². The first-order chi connectivity index (χ1) is 14.9. The standard InChI is InChI=1S/C23H31FN4O2S/c1-3-25-23(26-13-16-31(29,30)22-12-5-4-11-21(22)24)27-18(2)19-9-8-10-20(17-19)28-14-6-7-15-28/h4-5,8-12,17-18H,3,6-7,13-16H2,1-2H3,(H2,25,26,27). The summed E-state index contributed by atoms with van der Waals surface area (Å²) in [6, 6.07) is 13.9. The highest BCUT2D eigenvalue weighted by atomic mass is 32.2. The van der Waals surface area contributed by atoms with Crippen LogP contribution in [0.1, 0.15) is 38.3 Å². The van der Waals surface area contributed by atoms with Crippen LogP contribution in [0.5, 0.6) is 0 Å². The van der Waals surface area contributed by atoms with Gasteiger partial charge in [-0.25, -0.2) is 12.8 Å². The third-order valence-electron chi connectivity index (χ3n) is 5.34. The van der Waals surface area contributed by atoms with Crippen molar-refractivity contribution in [2.75, 3.05) is 36.8 Å².